The number of nitrogens with two attached hydrogens (primary N) is 1. The lowest BCUT2D eigenvalue weighted by Crippen LogP contribution is -2.44. The van der Waals surface area contributed by atoms with Crippen LogP contribution in [0.5, 0.6) is 0 Å². The number of rotatable bonds is 4. The first-order valence-corrected chi connectivity index (χ1v) is 11.8. The maximum absolute atomic E-state index is 13.5. The molecule has 192 valence electrons. The van der Waals surface area contributed by atoms with Gasteiger partial charge in [-0.15, -0.1) is 0 Å². The standard InChI is InChI=1S/C24H21ClF3N7O2/c1-12-8-13(24(26,27)28)9-14-19-21(29)30-11-31-22(19)35(20(12)14)10-18(36)34-7-3-4-15(34)23(37)33-17-6-2-5-16(25)32-17/h2,5-6,8-9,11,15H,3-4,7,10H2,1H3,(H2,29,30,31)(H,32,33,37)/t15-/m0/s1. The van der Waals surface area contributed by atoms with Gasteiger partial charge in [-0.3, -0.25) is 9.59 Å². The Morgan fingerprint density at radius 2 is 2.03 bits per heavy atom. The number of hydrogen-bond acceptors (Lipinski definition) is 6. The lowest BCUT2D eigenvalue weighted by Gasteiger charge is -2.24. The highest BCUT2D eigenvalue weighted by atomic mass is 35.5. The Kier molecular flexibility index (Phi) is 6.14. The average molecular weight is 532 g/mol. The molecule has 1 atom stereocenters. The fourth-order valence-corrected chi connectivity index (χ4v) is 5.02. The second-order valence-corrected chi connectivity index (χ2v) is 9.20. The predicted octanol–water partition coefficient (Wildman–Crippen LogP) is 4.17. The highest BCUT2D eigenvalue weighted by molar-refractivity contribution is 6.29. The number of nitrogens with one attached hydrogen (secondary N) is 1. The van der Waals surface area contributed by atoms with E-state index in [4.69, 9.17) is 17.3 Å². The van der Waals surface area contributed by atoms with Crippen molar-refractivity contribution < 1.29 is 22.8 Å². The smallest absolute Gasteiger partial charge is 0.383 e. The van der Waals surface area contributed by atoms with E-state index in [1.807, 2.05) is 0 Å². The van der Waals surface area contributed by atoms with Crippen LogP contribution in [0.1, 0.15) is 24.0 Å². The normalized spacial score (nSPS) is 16.0. The van der Waals surface area contributed by atoms with E-state index in [9.17, 15) is 22.8 Å². The minimum Gasteiger partial charge on any atom is -0.383 e. The van der Waals surface area contributed by atoms with E-state index in [1.165, 1.54) is 22.7 Å². The molecule has 0 aliphatic carbocycles. The molecule has 3 aromatic heterocycles. The highest BCUT2D eigenvalue weighted by Crippen LogP contribution is 2.38. The predicted molar refractivity (Wildman–Crippen MR) is 132 cm³/mol. The number of aromatic nitrogens is 4. The first-order chi connectivity index (χ1) is 17.5. The molecule has 2 amide bonds. The van der Waals surface area contributed by atoms with E-state index >= 15 is 0 Å². The molecule has 5 rings (SSSR count). The van der Waals surface area contributed by atoms with Crippen LogP contribution in [0, 0.1) is 6.92 Å². The SMILES string of the molecule is Cc1cc(C(F)(F)F)cc2c3c(N)ncnc3n(CC(=O)N3CCC[C@H]3C(=O)Nc3cccc(Cl)n3)c12. The summed E-state index contributed by atoms with van der Waals surface area (Å²) in [6, 6.07) is 6.09. The van der Waals surface area contributed by atoms with Crippen molar-refractivity contribution in [2.24, 2.45) is 0 Å². The molecule has 1 saturated heterocycles. The van der Waals surface area contributed by atoms with Crippen LogP contribution in [0.25, 0.3) is 21.9 Å². The van der Waals surface area contributed by atoms with Crippen molar-refractivity contribution in [3.63, 3.8) is 0 Å². The molecule has 1 aliphatic rings. The number of aryl methyl sites for hydroxylation is 1. The van der Waals surface area contributed by atoms with Crippen molar-refractivity contribution >= 4 is 57.0 Å². The Labute approximate surface area is 213 Å². The Bertz CT molecular complexity index is 1550. The Hall–Kier alpha value is -3.93. The number of likely N-dealkylation sites (tertiary alicyclic amines) is 1. The van der Waals surface area contributed by atoms with E-state index < -0.39 is 23.7 Å². The summed E-state index contributed by atoms with van der Waals surface area (Å²) < 4.78 is 42.1. The van der Waals surface area contributed by atoms with Crippen molar-refractivity contribution in [3.8, 4) is 0 Å². The lowest BCUT2D eigenvalue weighted by atomic mass is 10.1. The van der Waals surface area contributed by atoms with E-state index in [0.717, 1.165) is 12.1 Å². The number of halogens is 4. The summed E-state index contributed by atoms with van der Waals surface area (Å²) in [4.78, 5) is 40.1. The van der Waals surface area contributed by atoms with E-state index in [2.05, 4.69) is 20.3 Å². The van der Waals surface area contributed by atoms with Gasteiger partial charge in [0.25, 0.3) is 0 Å². The van der Waals surface area contributed by atoms with Gasteiger partial charge in [0.05, 0.1) is 16.5 Å². The molecule has 1 fully saturated rings. The number of anilines is 2. The molecule has 9 nitrogen and oxygen atoms in total. The maximum atomic E-state index is 13.5. The van der Waals surface area contributed by atoms with Gasteiger partial charge in [-0.25, -0.2) is 15.0 Å². The molecule has 3 N–H and O–H groups in total. The van der Waals surface area contributed by atoms with Gasteiger partial charge >= 0.3 is 6.18 Å². The van der Waals surface area contributed by atoms with Gasteiger partial charge in [-0.05, 0) is 49.6 Å². The summed E-state index contributed by atoms with van der Waals surface area (Å²) in [5, 5.41) is 3.35. The first kappa shape index (κ1) is 24.8. The van der Waals surface area contributed by atoms with Crippen LogP contribution in [0.15, 0.2) is 36.7 Å². The van der Waals surface area contributed by atoms with E-state index in [-0.39, 0.29) is 45.7 Å². The number of amides is 2. The largest absolute Gasteiger partial charge is 0.416 e. The molecular formula is C24H21ClF3N7O2. The topological polar surface area (TPSA) is 119 Å². The Balaban J connectivity index is 1.50. The summed E-state index contributed by atoms with van der Waals surface area (Å²) >= 11 is 5.89. The first-order valence-electron chi connectivity index (χ1n) is 11.4. The quantitative estimate of drug-likeness (QED) is 0.381. The van der Waals surface area contributed by atoms with E-state index in [0.29, 0.717) is 30.5 Å². The van der Waals surface area contributed by atoms with Crippen LogP contribution < -0.4 is 11.1 Å². The fraction of sp³-hybridized carbons (Fsp3) is 0.292. The van der Waals surface area contributed by atoms with Crippen LogP contribution in [-0.4, -0.2) is 48.8 Å². The minimum absolute atomic E-state index is 0.00683. The van der Waals surface area contributed by atoms with Gasteiger partial charge in [0.15, 0.2) is 0 Å². The maximum Gasteiger partial charge on any atom is 0.416 e. The number of benzene rings is 1. The summed E-state index contributed by atoms with van der Waals surface area (Å²) in [5.74, 6) is -0.512. The van der Waals surface area contributed by atoms with Crippen LogP contribution in [-0.2, 0) is 22.3 Å². The van der Waals surface area contributed by atoms with Crippen molar-refractivity contribution in [1.29, 1.82) is 0 Å². The van der Waals surface area contributed by atoms with Crippen molar-refractivity contribution in [2.75, 3.05) is 17.6 Å². The number of carbonyl (C=O) groups is 2. The molecule has 0 radical (unpaired) electrons. The van der Waals surface area contributed by atoms with Crippen molar-refractivity contribution in [1.82, 2.24) is 24.4 Å². The summed E-state index contributed by atoms with van der Waals surface area (Å²) in [7, 11) is 0. The third-order valence-corrected chi connectivity index (χ3v) is 6.63. The molecule has 0 bridgehead atoms. The van der Waals surface area contributed by atoms with Crippen LogP contribution in [0.2, 0.25) is 5.15 Å². The van der Waals surface area contributed by atoms with Crippen LogP contribution in [0.4, 0.5) is 24.8 Å². The van der Waals surface area contributed by atoms with E-state index in [1.54, 1.807) is 18.2 Å². The second kappa shape index (κ2) is 9.18. The summed E-state index contributed by atoms with van der Waals surface area (Å²) in [5.41, 5.74) is 6.13. The number of hydrogen-bond donors (Lipinski definition) is 2. The monoisotopic (exact) mass is 531 g/mol. The Morgan fingerprint density at radius 1 is 1.24 bits per heavy atom. The zero-order chi connectivity index (χ0) is 26.5. The van der Waals surface area contributed by atoms with Crippen LogP contribution in [0.3, 0.4) is 0 Å². The zero-order valence-corrected chi connectivity index (χ0v) is 20.3. The van der Waals surface area contributed by atoms with Crippen molar-refractivity contribution in [2.45, 2.75) is 38.5 Å². The molecular weight excluding hydrogens is 511 g/mol. The molecule has 0 saturated carbocycles. The van der Waals surface area contributed by atoms with Gasteiger partial charge in [0, 0.05) is 11.9 Å². The summed E-state index contributed by atoms with van der Waals surface area (Å²) in [6.07, 6.45) is -2.30. The zero-order valence-electron chi connectivity index (χ0n) is 19.5. The molecule has 1 aliphatic heterocycles. The van der Waals surface area contributed by atoms with Gasteiger partial charge in [0.2, 0.25) is 11.8 Å². The number of carbonyl (C=O) groups excluding carboxylic acids is 2. The molecule has 13 heteroatoms. The van der Waals surface area contributed by atoms with Gasteiger partial charge in [-0.2, -0.15) is 13.2 Å². The molecule has 0 spiro atoms. The number of alkyl halides is 3. The number of nitrogen functional groups attached to an aromatic ring is 1. The third-order valence-electron chi connectivity index (χ3n) is 6.41. The molecule has 1 aromatic carbocycles. The average Bonchev–Trinajstić information content (AvgIpc) is 3.43. The molecule has 4 heterocycles. The van der Waals surface area contributed by atoms with Crippen molar-refractivity contribution in [3.05, 3.63) is 52.9 Å². The third kappa shape index (κ3) is 4.52. The van der Waals surface area contributed by atoms with Gasteiger partial charge in [0.1, 0.15) is 41.3 Å². The number of pyridine rings is 1. The molecule has 0 unspecified atom stereocenters. The summed E-state index contributed by atoms with van der Waals surface area (Å²) in [6.45, 7) is 1.64. The highest BCUT2D eigenvalue weighted by Gasteiger charge is 2.36. The fourth-order valence-electron chi connectivity index (χ4n) is 4.86. The minimum atomic E-state index is -4.57. The number of nitrogens with zero attached hydrogens (tertiary/aromatic N) is 5. The number of fused-ring (bicyclic) bond motifs is 3. The van der Waals surface area contributed by atoms with Crippen LogP contribution >= 0.6 is 11.6 Å². The Morgan fingerprint density at radius 3 is 2.76 bits per heavy atom. The second-order valence-electron chi connectivity index (χ2n) is 8.81. The molecule has 37 heavy (non-hydrogen) atoms. The van der Waals surface area contributed by atoms with Gasteiger partial charge < -0.3 is 20.5 Å². The lowest BCUT2D eigenvalue weighted by molar-refractivity contribution is -0.137. The van der Waals surface area contributed by atoms with Gasteiger partial charge in [-0.1, -0.05) is 17.7 Å². The molecule has 4 aromatic rings.